The Morgan fingerprint density at radius 2 is 2.18 bits per heavy atom. The molecule has 0 spiro atoms. The van der Waals surface area contributed by atoms with Gasteiger partial charge in [-0.15, -0.1) is 24.0 Å². The van der Waals surface area contributed by atoms with E-state index in [2.05, 4.69) is 17.6 Å². The number of rotatable bonds is 9. The van der Waals surface area contributed by atoms with E-state index in [1.165, 1.54) is 25.7 Å². The minimum atomic E-state index is 0. The van der Waals surface area contributed by atoms with Gasteiger partial charge in [0.1, 0.15) is 5.76 Å². The summed E-state index contributed by atoms with van der Waals surface area (Å²) in [5.74, 6) is 2.62. The third-order valence-corrected chi connectivity index (χ3v) is 5.49. The van der Waals surface area contributed by atoms with E-state index in [1.54, 1.807) is 6.26 Å². The smallest absolute Gasteiger partial charge is 0.191 e. The van der Waals surface area contributed by atoms with Gasteiger partial charge in [-0.25, -0.2) is 0 Å². The summed E-state index contributed by atoms with van der Waals surface area (Å²) in [6, 6.07) is 4.46. The molecule has 3 unspecified atom stereocenters. The average Bonchev–Trinajstić information content (AvgIpc) is 3.37. The number of nitrogens with one attached hydrogen (secondary N) is 2. The molecule has 2 N–H and O–H groups in total. The summed E-state index contributed by atoms with van der Waals surface area (Å²) >= 11 is 0. The molecule has 0 radical (unpaired) electrons. The van der Waals surface area contributed by atoms with Crippen LogP contribution in [0, 0.1) is 5.92 Å². The first kappa shape index (κ1) is 23.5. The van der Waals surface area contributed by atoms with Crippen LogP contribution >= 0.6 is 24.0 Å². The van der Waals surface area contributed by atoms with Crippen molar-refractivity contribution >= 4 is 29.9 Å². The minimum Gasteiger partial charge on any atom is -0.469 e. The highest BCUT2D eigenvalue weighted by Gasteiger charge is 2.22. The predicted octanol–water partition coefficient (Wildman–Crippen LogP) is 3.75. The standard InChI is InChI=1S/C21H35N3O3.HI/c1-17-6-2-3-8-20(17)24-21(23-12-9-18-7-4-13-26-18)22-11-5-14-27-19-10-15-25-16-19;/h4,7,13,17,19-20H,2-3,5-6,8-12,14-16H2,1H3,(H2,22,23,24);1H. The summed E-state index contributed by atoms with van der Waals surface area (Å²) in [4.78, 5) is 4.79. The fourth-order valence-electron chi connectivity index (χ4n) is 3.77. The lowest BCUT2D eigenvalue weighted by Crippen LogP contribution is -2.47. The lowest BCUT2D eigenvalue weighted by molar-refractivity contribution is 0.0424. The van der Waals surface area contributed by atoms with Gasteiger partial charge in [-0.1, -0.05) is 19.8 Å². The van der Waals surface area contributed by atoms with Gasteiger partial charge in [-0.05, 0) is 43.7 Å². The molecule has 2 heterocycles. The Labute approximate surface area is 186 Å². The molecule has 160 valence electrons. The Kier molecular flexibility index (Phi) is 11.3. The Morgan fingerprint density at radius 1 is 1.29 bits per heavy atom. The summed E-state index contributed by atoms with van der Waals surface area (Å²) in [7, 11) is 0. The van der Waals surface area contributed by atoms with E-state index in [4.69, 9.17) is 18.9 Å². The number of hydrogen-bond acceptors (Lipinski definition) is 4. The predicted molar refractivity (Wildman–Crippen MR) is 122 cm³/mol. The van der Waals surface area contributed by atoms with Gasteiger partial charge >= 0.3 is 0 Å². The molecule has 0 aromatic carbocycles. The number of ether oxygens (including phenoxy) is 2. The van der Waals surface area contributed by atoms with Gasteiger partial charge in [-0.2, -0.15) is 0 Å². The zero-order chi connectivity index (χ0) is 18.7. The number of nitrogens with zero attached hydrogens (tertiary/aromatic N) is 1. The highest BCUT2D eigenvalue weighted by molar-refractivity contribution is 14.0. The number of furan rings is 1. The first-order chi connectivity index (χ1) is 13.3. The van der Waals surface area contributed by atoms with Crippen molar-refractivity contribution in [3.05, 3.63) is 24.2 Å². The second kappa shape index (κ2) is 13.4. The molecule has 1 aliphatic carbocycles. The average molecular weight is 505 g/mol. The third-order valence-electron chi connectivity index (χ3n) is 5.49. The van der Waals surface area contributed by atoms with Crippen LogP contribution in [-0.4, -0.2) is 51.0 Å². The number of guanidine groups is 1. The van der Waals surface area contributed by atoms with Gasteiger partial charge in [0.15, 0.2) is 5.96 Å². The number of aliphatic imine (C=N–C) groups is 1. The maximum Gasteiger partial charge on any atom is 0.191 e. The Balaban J connectivity index is 0.00000280. The maximum atomic E-state index is 5.83. The van der Waals surface area contributed by atoms with E-state index in [0.29, 0.717) is 12.0 Å². The van der Waals surface area contributed by atoms with Crippen molar-refractivity contribution < 1.29 is 13.9 Å². The van der Waals surface area contributed by atoms with Crippen molar-refractivity contribution in [3.8, 4) is 0 Å². The monoisotopic (exact) mass is 505 g/mol. The Hall–Kier alpha value is -0.800. The second-order valence-electron chi connectivity index (χ2n) is 7.71. The fourth-order valence-corrected chi connectivity index (χ4v) is 3.77. The summed E-state index contributed by atoms with van der Waals surface area (Å²) in [5.41, 5.74) is 0. The normalized spacial score (nSPS) is 25.3. The van der Waals surface area contributed by atoms with Crippen LogP contribution in [0.5, 0.6) is 0 Å². The van der Waals surface area contributed by atoms with Crippen LogP contribution < -0.4 is 10.6 Å². The van der Waals surface area contributed by atoms with E-state index < -0.39 is 0 Å². The van der Waals surface area contributed by atoms with E-state index in [9.17, 15) is 0 Å². The van der Waals surface area contributed by atoms with Crippen LogP contribution in [0.1, 0.15) is 51.2 Å². The molecule has 2 fully saturated rings. The SMILES string of the molecule is CC1CCCCC1NC(=NCCCOC1CCOC1)NCCc1ccco1.I. The molecule has 1 aliphatic heterocycles. The fraction of sp³-hybridized carbons (Fsp3) is 0.762. The molecule has 0 bridgehead atoms. The van der Waals surface area contributed by atoms with Crippen LogP contribution in [0.25, 0.3) is 0 Å². The topological polar surface area (TPSA) is 68.0 Å². The van der Waals surface area contributed by atoms with Gasteiger partial charge in [0.25, 0.3) is 0 Å². The van der Waals surface area contributed by atoms with Crippen molar-refractivity contribution in [1.29, 1.82) is 0 Å². The number of hydrogen-bond donors (Lipinski definition) is 2. The molecular formula is C21H36IN3O3. The van der Waals surface area contributed by atoms with Crippen molar-refractivity contribution in [3.63, 3.8) is 0 Å². The van der Waals surface area contributed by atoms with Crippen LogP contribution in [0.4, 0.5) is 0 Å². The van der Waals surface area contributed by atoms with E-state index in [-0.39, 0.29) is 30.1 Å². The molecule has 0 amide bonds. The summed E-state index contributed by atoms with van der Waals surface area (Å²) < 4.78 is 16.6. The van der Waals surface area contributed by atoms with Gasteiger partial charge in [-0.3, -0.25) is 4.99 Å². The van der Waals surface area contributed by atoms with Gasteiger partial charge in [0, 0.05) is 38.8 Å². The molecular weight excluding hydrogens is 469 g/mol. The van der Waals surface area contributed by atoms with Gasteiger partial charge < -0.3 is 24.5 Å². The van der Waals surface area contributed by atoms with Crippen LogP contribution in [0.15, 0.2) is 27.8 Å². The minimum absolute atomic E-state index is 0. The quantitative estimate of drug-likeness (QED) is 0.232. The van der Waals surface area contributed by atoms with Crippen LogP contribution in [0.2, 0.25) is 0 Å². The largest absolute Gasteiger partial charge is 0.469 e. The molecule has 28 heavy (non-hydrogen) atoms. The lowest BCUT2D eigenvalue weighted by Gasteiger charge is -2.31. The van der Waals surface area contributed by atoms with Crippen molar-refractivity contribution in [2.75, 3.05) is 32.9 Å². The van der Waals surface area contributed by atoms with Crippen LogP contribution in [-0.2, 0) is 15.9 Å². The second-order valence-corrected chi connectivity index (χ2v) is 7.71. The highest BCUT2D eigenvalue weighted by atomic mass is 127. The van der Waals surface area contributed by atoms with Crippen molar-refractivity contribution in [2.45, 2.75) is 64.0 Å². The van der Waals surface area contributed by atoms with Crippen LogP contribution in [0.3, 0.4) is 0 Å². The molecule has 2 aliphatic rings. The molecule has 1 aromatic rings. The summed E-state index contributed by atoms with van der Waals surface area (Å²) in [6.45, 7) is 6.24. The van der Waals surface area contributed by atoms with E-state index in [1.807, 2.05) is 12.1 Å². The van der Waals surface area contributed by atoms with Crippen molar-refractivity contribution in [2.24, 2.45) is 10.9 Å². The summed E-state index contributed by atoms with van der Waals surface area (Å²) in [5, 5.41) is 7.14. The molecule has 1 saturated heterocycles. The maximum absolute atomic E-state index is 5.83. The van der Waals surface area contributed by atoms with Gasteiger partial charge in [0.2, 0.25) is 0 Å². The molecule has 3 rings (SSSR count). The molecule has 1 saturated carbocycles. The third kappa shape index (κ3) is 8.29. The van der Waals surface area contributed by atoms with Crippen molar-refractivity contribution in [1.82, 2.24) is 10.6 Å². The molecule has 1 aromatic heterocycles. The Bertz CT molecular complexity index is 547. The zero-order valence-electron chi connectivity index (χ0n) is 17.0. The van der Waals surface area contributed by atoms with Gasteiger partial charge in [0.05, 0.1) is 19.0 Å². The molecule has 6 nitrogen and oxygen atoms in total. The number of halogens is 1. The van der Waals surface area contributed by atoms with E-state index in [0.717, 1.165) is 63.9 Å². The first-order valence-electron chi connectivity index (χ1n) is 10.6. The van der Waals surface area contributed by atoms with E-state index >= 15 is 0 Å². The highest BCUT2D eigenvalue weighted by Crippen LogP contribution is 2.23. The molecule has 3 atom stereocenters. The molecule has 7 heteroatoms. The first-order valence-corrected chi connectivity index (χ1v) is 10.6. The summed E-state index contributed by atoms with van der Waals surface area (Å²) in [6.07, 6.45) is 9.99. The Morgan fingerprint density at radius 3 is 2.93 bits per heavy atom. The lowest BCUT2D eigenvalue weighted by atomic mass is 9.86. The zero-order valence-corrected chi connectivity index (χ0v) is 19.4.